The largest absolute Gasteiger partial charge is 0.494 e. The van der Waals surface area contributed by atoms with E-state index in [1.807, 2.05) is 52.0 Å². The average Bonchev–Trinajstić information content (AvgIpc) is 2.86. The summed E-state index contributed by atoms with van der Waals surface area (Å²) < 4.78 is 27.8. The van der Waals surface area contributed by atoms with E-state index in [2.05, 4.69) is 4.72 Å². The van der Waals surface area contributed by atoms with Crippen molar-refractivity contribution in [3.8, 4) is 0 Å². The van der Waals surface area contributed by atoms with Gasteiger partial charge < -0.3 is 9.31 Å². The number of rotatable bonds is 2. The zero-order valence-electron chi connectivity index (χ0n) is 13.1. The van der Waals surface area contributed by atoms with Crippen molar-refractivity contribution in [3.05, 3.63) is 24.3 Å². The van der Waals surface area contributed by atoms with E-state index < -0.39 is 29.5 Å². The van der Waals surface area contributed by atoms with Gasteiger partial charge in [0, 0.05) is 0 Å². The van der Waals surface area contributed by atoms with E-state index >= 15 is 0 Å². The van der Waals surface area contributed by atoms with Crippen molar-refractivity contribution in [1.29, 1.82) is 0 Å². The Labute approximate surface area is 133 Å². The summed E-state index contributed by atoms with van der Waals surface area (Å²) in [4.78, 5) is 11.4. The first-order chi connectivity index (χ1) is 10.2. The molecule has 118 valence electrons. The molecule has 1 aromatic carbocycles. The van der Waals surface area contributed by atoms with Crippen LogP contribution >= 0.6 is 0 Å². The molecule has 1 unspecified atom stereocenters. The highest BCUT2D eigenvalue weighted by atomic mass is 32.2. The van der Waals surface area contributed by atoms with Crippen molar-refractivity contribution in [2.75, 3.05) is 10.8 Å². The van der Waals surface area contributed by atoms with Gasteiger partial charge in [-0.05, 0) is 45.3 Å². The predicted octanol–water partition coefficient (Wildman–Crippen LogP) is 0.501. The molecule has 0 aromatic heterocycles. The summed E-state index contributed by atoms with van der Waals surface area (Å²) in [5, 5.41) is 0. The Morgan fingerprint density at radius 3 is 2.41 bits per heavy atom. The fourth-order valence-electron chi connectivity index (χ4n) is 2.37. The van der Waals surface area contributed by atoms with Gasteiger partial charge >= 0.3 is 7.12 Å². The van der Waals surface area contributed by atoms with Crippen LogP contribution in [0.3, 0.4) is 0 Å². The molecule has 2 aliphatic rings. The molecule has 22 heavy (non-hydrogen) atoms. The topological polar surface area (TPSA) is 67.9 Å². The SMILES string of the molecule is CC1(C)OB(c2cccc(N3CC(=O)NS3=O)c2)OC1(C)C. The maximum Gasteiger partial charge on any atom is 0.494 e. The number of benzene rings is 1. The van der Waals surface area contributed by atoms with Crippen molar-refractivity contribution < 1.29 is 18.3 Å². The molecule has 2 saturated heterocycles. The second kappa shape index (κ2) is 5.08. The lowest BCUT2D eigenvalue weighted by molar-refractivity contribution is -0.117. The molecule has 2 heterocycles. The van der Waals surface area contributed by atoms with Gasteiger partial charge in [-0.15, -0.1) is 0 Å². The molecule has 0 radical (unpaired) electrons. The Morgan fingerprint density at radius 1 is 1.23 bits per heavy atom. The van der Waals surface area contributed by atoms with E-state index in [1.54, 1.807) is 0 Å². The summed E-state index contributed by atoms with van der Waals surface area (Å²) in [6, 6.07) is 7.41. The van der Waals surface area contributed by atoms with Crippen LogP contribution in [0.5, 0.6) is 0 Å². The lowest BCUT2D eigenvalue weighted by atomic mass is 9.79. The number of hydrogen-bond acceptors (Lipinski definition) is 4. The van der Waals surface area contributed by atoms with Crippen molar-refractivity contribution in [3.63, 3.8) is 0 Å². The zero-order valence-corrected chi connectivity index (χ0v) is 13.9. The summed E-state index contributed by atoms with van der Waals surface area (Å²) in [7, 11) is -0.482. The van der Waals surface area contributed by atoms with E-state index in [4.69, 9.17) is 9.31 Å². The normalized spacial score (nSPS) is 26.4. The first-order valence-electron chi connectivity index (χ1n) is 7.14. The Hall–Kier alpha value is -1.38. The minimum atomic E-state index is -1.53. The summed E-state index contributed by atoms with van der Waals surface area (Å²) in [6.07, 6.45) is 0. The summed E-state index contributed by atoms with van der Waals surface area (Å²) in [6.45, 7) is 8.06. The Morgan fingerprint density at radius 2 is 1.86 bits per heavy atom. The van der Waals surface area contributed by atoms with Crippen LogP contribution in [0.4, 0.5) is 5.69 Å². The van der Waals surface area contributed by atoms with Gasteiger partial charge in [-0.25, -0.2) is 4.21 Å². The van der Waals surface area contributed by atoms with Gasteiger partial charge in [0.25, 0.3) is 5.91 Å². The molecule has 0 spiro atoms. The summed E-state index contributed by atoms with van der Waals surface area (Å²) in [5.74, 6) is -0.251. The highest BCUT2D eigenvalue weighted by Crippen LogP contribution is 2.36. The molecule has 0 aliphatic carbocycles. The van der Waals surface area contributed by atoms with Crippen molar-refractivity contribution >= 4 is 35.3 Å². The first kappa shape index (κ1) is 15.5. The maximum atomic E-state index is 11.9. The molecule has 1 N–H and O–H groups in total. The molecule has 3 rings (SSSR count). The molecule has 8 heteroatoms. The van der Waals surface area contributed by atoms with E-state index in [0.717, 1.165) is 5.46 Å². The number of carbonyl (C=O) groups is 1. The van der Waals surface area contributed by atoms with E-state index in [9.17, 15) is 9.00 Å². The third kappa shape index (κ3) is 2.55. The van der Waals surface area contributed by atoms with Gasteiger partial charge in [-0.3, -0.25) is 13.8 Å². The van der Waals surface area contributed by atoms with Crippen LogP contribution in [0.1, 0.15) is 27.7 Å². The Balaban J connectivity index is 1.87. The zero-order chi connectivity index (χ0) is 16.1. The molecule has 1 atom stereocenters. The second-order valence-corrected chi connectivity index (χ2v) is 7.64. The second-order valence-electron chi connectivity index (χ2n) is 6.49. The lowest BCUT2D eigenvalue weighted by Gasteiger charge is -2.32. The van der Waals surface area contributed by atoms with Crippen LogP contribution < -0.4 is 14.5 Å². The number of carbonyl (C=O) groups excluding carboxylic acids is 1. The molecule has 0 bridgehead atoms. The number of nitrogens with zero attached hydrogens (tertiary/aromatic N) is 1. The third-order valence-corrected chi connectivity index (χ3v) is 5.51. The lowest BCUT2D eigenvalue weighted by Crippen LogP contribution is -2.41. The average molecular weight is 322 g/mol. The quantitative estimate of drug-likeness (QED) is 0.805. The van der Waals surface area contributed by atoms with E-state index in [1.165, 1.54) is 4.31 Å². The first-order valence-corrected chi connectivity index (χ1v) is 8.25. The molecular formula is C14H19BN2O4S. The monoisotopic (exact) mass is 322 g/mol. The molecule has 6 nitrogen and oxygen atoms in total. The molecule has 2 fully saturated rings. The van der Waals surface area contributed by atoms with Crippen LogP contribution in [0, 0.1) is 0 Å². The Kier molecular flexibility index (Phi) is 3.58. The minimum absolute atomic E-state index is 0.0828. The number of hydrogen-bond donors (Lipinski definition) is 1. The van der Waals surface area contributed by atoms with Gasteiger partial charge in [0.15, 0.2) is 0 Å². The van der Waals surface area contributed by atoms with Crippen molar-refractivity contribution in [1.82, 2.24) is 4.72 Å². The number of anilines is 1. The van der Waals surface area contributed by atoms with Crippen LogP contribution in [-0.2, 0) is 25.3 Å². The van der Waals surface area contributed by atoms with Crippen molar-refractivity contribution in [2.45, 2.75) is 38.9 Å². The molecule has 2 aliphatic heterocycles. The Bertz CT molecular complexity index is 633. The molecular weight excluding hydrogens is 303 g/mol. The van der Waals surface area contributed by atoms with Crippen LogP contribution in [0.25, 0.3) is 0 Å². The highest BCUT2D eigenvalue weighted by molar-refractivity contribution is 7.85. The standard InChI is InChI=1S/C14H19BN2O4S/c1-13(2)14(3,4)21-15(20-13)10-6-5-7-11(8-10)17-9-12(18)16-22(17)19/h5-8H,9H2,1-4H3,(H,16,18). The van der Waals surface area contributed by atoms with Gasteiger partial charge in [-0.1, -0.05) is 12.1 Å². The number of nitrogens with one attached hydrogen (secondary N) is 1. The van der Waals surface area contributed by atoms with E-state index in [0.29, 0.717) is 5.69 Å². The maximum absolute atomic E-state index is 11.9. The third-order valence-electron chi connectivity index (χ3n) is 4.37. The molecule has 1 aromatic rings. The van der Waals surface area contributed by atoms with Crippen LogP contribution in [-0.4, -0.2) is 35.0 Å². The van der Waals surface area contributed by atoms with Gasteiger partial charge in [0.05, 0.1) is 16.9 Å². The fourth-order valence-corrected chi connectivity index (χ4v) is 3.28. The fraction of sp³-hybridized carbons (Fsp3) is 0.500. The predicted molar refractivity (Wildman–Crippen MR) is 85.8 cm³/mol. The van der Waals surface area contributed by atoms with E-state index in [-0.39, 0.29) is 12.5 Å². The van der Waals surface area contributed by atoms with Crippen molar-refractivity contribution in [2.24, 2.45) is 0 Å². The highest BCUT2D eigenvalue weighted by Gasteiger charge is 2.51. The number of amides is 1. The molecule has 1 amide bonds. The van der Waals surface area contributed by atoms with Gasteiger partial charge in [0.1, 0.15) is 6.54 Å². The van der Waals surface area contributed by atoms with Gasteiger partial charge in [-0.2, -0.15) is 0 Å². The molecule has 0 saturated carbocycles. The summed E-state index contributed by atoms with van der Waals surface area (Å²) >= 11 is -1.53. The minimum Gasteiger partial charge on any atom is -0.399 e. The smallest absolute Gasteiger partial charge is 0.399 e. The van der Waals surface area contributed by atoms with Gasteiger partial charge in [0.2, 0.25) is 11.2 Å². The van der Waals surface area contributed by atoms with Crippen LogP contribution in [0.2, 0.25) is 0 Å². The van der Waals surface area contributed by atoms with Crippen LogP contribution in [0.15, 0.2) is 24.3 Å². The summed E-state index contributed by atoms with van der Waals surface area (Å²) in [5.41, 5.74) is 0.708.